The molecule has 2 aromatic rings. The maximum atomic E-state index is 12.3. The van der Waals surface area contributed by atoms with Gasteiger partial charge in [-0.25, -0.2) is 4.79 Å². The third-order valence-electron chi connectivity index (χ3n) is 4.28. The lowest BCUT2D eigenvalue weighted by Gasteiger charge is -2.14. The molecule has 1 saturated heterocycles. The Labute approximate surface area is 155 Å². The number of aliphatic hydroxyl groups is 1. The molecule has 2 aromatic carbocycles. The van der Waals surface area contributed by atoms with E-state index in [1.165, 1.54) is 26.4 Å². The van der Waals surface area contributed by atoms with Crippen LogP contribution in [0, 0.1) is 0 Å². The zero-order valence-electron chi connectivity index (χ0n) is 14.7. The fourth-order valence-electron chi connectivity index (χ4n) is 2.87. The molecule has 7 heteroatoms. The molecule has 1 unspecified atom stereocenters. The summed E-state index contributed by atoms with van der Waals surface area (Å²) in [4.78, 5) is 35.8. The summed E-state index contributed by atoms with van der Waals surface area (Å²) in [5.74, 6) is -1.91. The Bertz CT molecular complexity index is 945. The summed E-state index contributed by atoms with van der Waals surface area (Å²) >= 11 is 0. The molecule has 0 aliphatic carbocycles. The first-order valence-corrected chi connectivity index (χ1v) is 8.07. The smallest absolute Gasteiger partial charge is 0.337 e. The van der Waals surface area contributed by atoms with Crippen LogP contribution in [0.3, 0.4) is 0 Å². The van der Waals surface area contributed by atoms with Crippen molar-refractivity contribution >= 4 is 23.4 Å². The lowest BCUT2D eigenvalue weighted by molar-refractivity contribution is -0.133. The highest BCUT2D eigenvalue weighted by atomic mass is 16.5. The Hall–Kier alpha value is -3.61. The second-order valence-corrected chi connectivity index (χ2v) is 5.84. The van der Waals surface area contributed by atoms with Crippen LogP contribution in [-0.2, 0) is 14.3 Å². The molecule has 1 fully saturated rings. The van der Waals surface area contributed by atoms with E-state index < -0.39 is 23.7 Å². The largest absolute Gasteiger partial charge is 0.507 e. The molecule has 3 rings (SSSR count). The molecule has 0 aromatic heterocycles. The highest BCUT2D eigenvalue weighted by Crippen LogP contribution is 2.33. The summed E-state index contributed by atoms with van der Waals surface area (Å²) in [5.41, 5.74) is 1.18. The van der Waals surface area contributed by atoms with Gasteiger partial charge in [-0.1, -0.05) is 24.3 Å². The average molecular weight is 367 g/mol. The molecular formula is C20H17NO6. The molecule has 0 spiro atoms. The number of benzene rings is 2. The number of rotatable bonds is 4. The molecule has 0 bridgehead atoms. The van der Waals surface area contributed by atoms with Gasteiger partial charge in [-0.3, -0.25) is 9.59 Å². The van der Waals surface area contributed by atoms with Crippen LogP contribution in [0.2, 0.25) is 0 Å². The Morgan fingerprint density at radius 2 is 1.74 bits per heavy atom. The third kappa shape index (κ3) is 3.39. The first-order valence-electron chi connectivity index (χ1n) is 8.07. The Kier molecular flexibility index (Phi) is 4.94. The monoisotopic (exact) mass is 367 g/mol. The molecule has 0 saturated carbocycles. The van der Waals surface area contributed by atoms with E-state index in [1.54, 1.807) is 36.4 Å². The van der Waals surface area contributed by atoms with Gasteiger partial charge in [-0.05, 0) is 29.8 Å². The molecule has 2 N–H and O–H groups in total. The molecule has 27 heavy (non-hydrogen) atoms. The van der Waals surface area contributed by atoms with Crippen molar-refractivity contribution in [2.75, 3.05) is 14.2 Å². The number of Topliss-reactive ketones (excluding diaryl/α,β-unsaturated/α-hetero) is 1. The van der Waals surface area contributed by atoms with Gasteiger partial charge in [0.1, 0.15) is 11.5 Å². The highest BCUT2D eigenvalue weighted by molar-refractivity contribution is 6.46. The molecular weight excluding hydrogens is 350 g/mol. The van der Waals surface area contributed by atoms with Gasteiger partial charge < -0.3 is 19.9 Å². The summed E-state index contributed by atoms with van der Waals surface area (Å²) in [6, 6.07) is 11.9. The van der Waals surface area contributed by atoms with Gasteiger partial charge in [-0.15, -0.1) is 0 Å². The van der Waals surface area contributed by atoms with E-state index in [2.05, 4.69) is 10.1 Å². The summed E-state index contributed by atoms with van der Waals surface area (Å²) in [5, 5.41) is 13.2. The van der Waals surface area contributed by atoms with Gasteiger partial charge in [0.2, 0.25) is 0 Å². The van der Waals surface area contributed by atoms with Crippen molar-refractivity contribution in [1.82, 2.24) is 5.32 Å². The van der Waals surface area contributed by atoms with E-state index in [0.29, 0.717) is 22.4 Å². The molecule has 0 radical (unpaired) electrons. The first kappa shape index (κ1) is 18.2. The van der Waals surface area contributed by atoms with Crippen molar-refractivity contribution < 1.29 is 29.0 Å². The third-order valence-corrected chi connectivity index (χ3v) is 4.28. The highest BCUT2D eigenvalue weighted by Gasteiger charge is 2.39. The van der Waals surface area contributed by atoms with Crippen molar-refractivity contribution in [1.29, 1.82) is 0 Å². The van der Waals surface area contributed by atoms with E-state index in [9.17, 15) is 19.5 Å². The molecule has 1 heterocycles. The molecule has 1 amide bonds. The standard InChI is InChI=1S/C20H17NO6/c1-26-14-5-3-4-13(10-14)17(22)15-16(21-19(24)18(15)23)11-6-8-12(9-7-11)20(25)27-2/h3-10,16,22H,1-2H3,(H,21,24)/b17-15-. The number of aliphatic hydroxyl groups excluding tert-OH is 1. The minimum absolute atomic E-state index is 0.0564. The topological polar surface area (TPSA) is 102 Å². The number of hydrogen-bond acceptors (Lipinski definition) is 6. The van der Waals surface area contributed by atoms with Crippen LogP contribution in [0.25, 0.3) is 5.76 Å². The number of amides is 1. The van der Waals surface area contributed by atoms with Crippen LogP contribution < -0.4 is 10.1 Å². The van der Waals surface area contributed by atoms with Crippen molar-refractivity contribution in [3.63, 3.8) is 0 Å². The summed E-state index contributed by atoms with van der Waals surface area (Å²) in [7, 11) is 2.76. The zero-order chi connectivity index (χ0) is 19.6. The van der Waals surface area contributed by atoms with Crippen LogP contribution >= 0.6 is 0 Å². The maximum Gasteiger partial charge on any atom is 0.337 e. The summed E-state index contributed by atoms with van der Waals surface area (Å²) < 4.78 is 9.78. The number of carbonyl (C=O) groups is 3. The maximum absolute atomic E-state index is 12.3. The lowest BCUT2D eigenvalue weighted by atomic mass is 9.95. The molecule has 1 aliphatic rings. The number of ketones is 1. The van der Waals surface area contributed by atoms with Gasteiger partial charge in [-0.2, -0.15) is 0 Å². The predicted molar refractivity (Wildman–Crippen MR) is 96.2 cm³/mol. The second kappa shape index (κ2) is 7.33. The number of methoxy groups -OCH3 is 2. The zero-order valence-corrected chi connectivity index (χ0v) is 14.7. The van der Waals surface area contributed by atoms with Crippen molar-refractivity contribution in [2.24, 2.45) is 0 Å². The van der Waals surface area contributed by atoms with Gasteiger partial charge in [0.25, 0.3) is 11.7 Å². The lowest BCUT2D eigenvalue weighted by Crippen LogP contribution is -2.21. The predicted octanol–water partition coefficient (Wildman–Crippen LogP) is 2.19. The van der Waals surface area contributed by atoms with E-state index >= 15 is 0 Å². The second-order valence-electron chi connectivity index (χ2n) is 5.84. The summed E-state index contributed by atoms with van der Waals surface area (Å²) in [6.07, 6.45) is 0. The number of esters is 1. The fraction of sp³-hybridized carbons (Fsp3) is 0.150. The molecule has 1 aliphatic heterocycles. The minimum atomic E-state index is -0.831. The van der Waals surface area contributed by atoms with Gasteiger partial charge in [0.05, 0.1) is 31.4 Å². The fourth-order valence-corrected chi connectivity index (χ4v) is 2.87. The van der Waals surface area contributed by atoms with Gasteiger partial charge in [0, 0.05) is 5.56 Å². The van der Waals surface area contributed by atoms with E-state index in [0.717, 1.165) is 0 Å². The first-order chi connectivity index (χ1) is 13.0. The average Bonchev–Trinajstić information content (AvgIpc) is 3.01. The quantitative estimate of drug-likeness (QED) is 0.372. The van der Waals surface area contributed by atoms with Crippen LogP contribution in [-0.4, -0.2) is 37.0 Å². The van der Waals surface area contributed by atoms with Crippen molar-refractivity contribution in [3.8, 4) is 5.75 Å². The van der Waals surface area contributed by atoms with E-state index in [4.69, 9.17) is 4.74 Å². The number of carbonyl (C=O) groups excluding carboxylic acids is 3. The van der Waals surface area contributed by atoms with Crippen LogP contribution in [0.1, 0.15) is 27.5 Å². The molecule has 138 valence electrons. The number of hydrogen-bond donors (Lipinski definition) is 2. The van der Waals surface area contributed by atoms with Gasteiger partial charge >= 0.3 is 5.97 Å². The summed E-state index contributed by atoms with van der Waals surface area (Å²) in [6.45, 7) is 0. The molecule has 7 nitrogen and oxygen atoms in total. The Morgan fingerprint density at radius 3 is 2.37 bits per heavy atom. The van der Waals surface area contributed by atoms with E-state index in [-0.39, 0.29) is 11.3 Å². The van der Waals surface area contributed by atoms with Gasteiger partial charge in [0.15, 0.2) is 0 Å². The number of nitrogens with one attached hydrogen (secondary N) is 1. The van der Waals surface area contributed by atoms with Crippen molar-refractivity contribution in [2.45, 2.75) is 6.04 Å². The number of ether oxygens (including phenoxy) is 2. The normalized spacial score (nSPS) is 18.1. The Morgan fingerprint density at radius 1 is 1.04 bits per heavy atom. The van der Waals surface area contributed by atoms with Crippen molar-refractivity contribution in [3.05, 3.63) is 70.8 Å². The van der Waals surface area contributed by atoms with E-state index in [1.807, 2.05) is 0 Å². The van der Waals surface area contributed by atoms with Crippen LogP contribution in [0.15, 0.2) is 54.1 Å². The van der Waals surface area contributed by atoms with Crippen LogP contribution in [0.5, 0.6) is 5.75 Å². The molecule has 1 atom stereocenters. The van der Waals surface area contributed by atoms with Crippen LogP contribution in [0.4, 0.5) is 0 Å². The Balaban J connectivity index is 2.05. The minimum Gasteiger partial charge on any atom is -0.507 e. The SMILES string of the molecule is COC(=O)c1ccc(C2NC(=O)C(=O)/C2=C(\O)c2cccc(OC)c2)cc1.